The molecule has 2 aromatic heterocycles. The molecule has 1 aromatic carbocycles. The first kappa shape index (κ1) is 24.0. The highest BCUT2D eigenvalue weighted by molar-refractivity contribution is 7.99. The average molecular weight is 483 g/mol. The Morgan fingerprint density at radius 1 is 1.12 bits per heavy atom. The van der Waals surface area contributed by atoms with Crippen LogP contribution in [0.2, 0.25) is 0 Å². The van der Waals surface area contributed by atoms with E-state index in [1.165, 1.54) is 31.0 Å². The van der Waals surface area contributed by atoms with Gasteiger partial charge in [-0.25, -0.2) is 0 Å². The van der Waals surface area contributed by atoms with E-state index in [-0.39, 0.29) is 17.7 Å². The minimum Gasteiger partial charge on any atom is -0.497 e. The van der Waals surface area contributed by atoms with Crippen LogP contribution in [-0.2, 0) is 11.8 Å². The number of aryl methyl sites for hydroxylation is 1. The van der Waals surface area contributed by atoms with Crippen LogP contribution in [0.25, 0.3) is 5.69 Å². The number of nitrogens with zero attached hydrogens (tertiary/aromatic N) is 5. The number of benzene rings is 1. The van der Waals surface area contributed by atoms with E-state index in [1.807, 2.05) is 28.8 Å². The van der Waals surface area contributed by atoms with Crippen molar-refractivity contribution in [3.63, 3.8) is 0 Å². The zero-order valence-corrected chi connectivity index (χ0v) is 20.5. The Labute approximate surface area is 203 Å². The molecular formula is C24H30N6O3S. The summed E-state index contributed by atoms with van der Waals surface area (Å²) in [5.41, 5.74) is 1.32. The van der Waals surface area contributed by atoms with Gasteiger partial charge in [0.15, 0.2) is 11.0 Å². The molecule has 0 unspecified atom stereocenters. The third kappa shape index (κ3) is 5.34. The van der Waals surface area contributed by atoms with E-state index < -0.39 is 5.91 Å². The van der Waals surface area contributed by atoms with E-state index in [4.69, 9.17) is 4.74 Å². The molecule has 180 valence electrons. The monoisotopic (exact) mass is 482 g/mol. The highest BCUT2D eigenvalue weighted by Gasteiger charge is 2.26. The minimum atomic E-state index is -0.422. The van der Waals surface area contributed by atoms with Gasteiger partial charge in [-0.05, 0) is 69.3 Å². The number of likely N-dealkylation sites (tertiary alicyclic amines) is 1. The first-order valence-electron chi connectivity index (χ1n) is 11.4. The molecule has 9 nitrogen and oxygen atoms in total. The van der Waals surface area contributed by atoms with Gasteiger partial charge in [0.1, 0.15) is 11.4 Å². The standard InChI is InChI=1S/C24H30N6O3S/c1-17(29-14-5-4-6-15-29)22-26-27-24(30(22)18-9-11-19(33-3)12-10-18)34-16-21(31)25-23(32)20-8-7-13-28(20)2/h7-13,17H,4-6,14-16H2,1-3H3,(H,25,31,32)/t17-/m0/s1. The third-order valence-corrected chi connectivity index (χ3v) is 6.99. The van der Waals surface area contributed by atoms with Gasteiger partial charge in [-0.3, -0.25) is 24.4 Å². The number of thioether (sulfide) groups is 1. The summed E-state index contributed by atoms with van der Waals surface area (Å²) in [5.74, 6) is 0.827. The molecule has 0 saturated carbocycles. The van der Waals surface area contributed by atoms with Crippen molar-refractivity contribution in [3.8, 4) is 11.4 Å². The van der Waals surface area contributed by atoms with Gasteiger partial charge in [0.25, 0.3) is 5.91 Å². The van der Waals surface area contributed by atoms with Crippen LogP contribution >= 0.6 is 11.8 Å². The predicted molar refractivity (Wildman–Crippen MR) is 130 cm³/mol. The predicted octanol–water partition coefficient (Wildman–Crippen LogP) is 3.21. The van der Waals surface area contributed by atoms with Crippen LogP contribution in [0, 0.1) is 0 Å². The Balaban J connectivity index is 1.53. The van der Waals surface area contributed by atoms with Crippen LogP contribution < -0.4 is 10.1 Å². The molecule has 4 rings (SSSR count). The van der Waals surface area contributed by atoms with Gasteiger partial charge in [0.05, 0.1) is 18.9 Å². The quantitative estimate of drug-likeness (QED) is 0.493. The average Bonchev–Trinajstić information content (AvgIpc) is 3.49. The number of hydrogen-bond acceptors (Lipinski definition) is 7. The Morgan fingerprint density at radius 3 is 2.50 bits per heavy atom. The molecule has 1 atom stereocenters. The Hall–Kier alpha value is -3.11. The number of nitrogens with one attached hydrogen (secondary N) is 1. The van der Waals surface area contributed by atoms with Crippen LogP contribution in [0.3, 0.4) is 0 Å². The van der Waals surface area contributed by atoms with Crippen LogP contribution in [0.1, 0.15) is 48.5 Å². The van der Waals surface area contributed by atoms with Crippen LogP contribution in [0.15, 0.2) is 47.8 Å². The maximum atomic E-state index is 12.5. The number of rotatable bonds is 8. The fourth-order valence-electron chi connectivity index (χ4n) is 4.14. The van der Waals surface area contributed by atoms with Gasteiger partial charge in [-0.15, -0.1) is 10.2 Å². The van der Waals surface area contributed by atoms with E-state index in [2.05, 4.69) is 27.3 Å². The minimum absolute atomic E-state index is 0.0442. The van der Waals surface area contributed by atoms with Crippen molar-refractivity contribution in [2.24, 2.45) is 7.05 Å². The maximum Gasteiger partial charge on any atom is 0.274 e. The number of amides is 2. The first-order chi connectivity index (χ1) is 16.5. The number of hydrogen-bond donors (Lipinski definition) is 1. The number of aromatic nitrogens is 4. The molecule has 0 aliphatic carbocycles. The summed E-state index contributed by atoms with van der Waals surface area (Å²) < 4.78 is 8.97. The van der Waals surface area contributed by atoms with Gasteiger partial charge in [-0.1, -0.05) is 18.2 Å². The number of imide groups is 1. The lowest BCUT2D eigenvalue weighted by Gasteiger charge is -2.31. The molecule has 0 radical (unpaired) electrons. The zero-order valence-electron chi connectivity index (χ0n) is 19.7. The number of ether oxygens (including phenoxy) is 1. The van der Waals surface area contributed by atoms with Crippen LogP contribution in [-0.4, -0.2) is 62.0 Å². The molecule has 0 spiro atoms. The van der Waals surface area contributed by atoms with Crippen molar-refractivity contribution in [3.05, 3.63) is 54.1 Å². The van der Waals surface area contributed by atoms with Gasteiger partial charge < -0.3 is 9.30 Å². The highest BCUT2D eigenvalue weighted by Crippen LogP contribution is 2.30. The maximum absolute atomic E-state index is 12.5. The van der Waals surface area contributed by atoms with Crippen molar-refractivity contribution in [2.45, 2.75) is 37.4 Å². The molecule has 3 heterocycles. The van der Waals surface area contributed by atoms with E-state index in [0.29, 0.717) is 10.9 Å². The van der Waals surface area contributed by atoms with Crippen molar-refractivity contribution in [2.75, 3.05) is 26.0 Å². The lowest BCUT2D eigenvalue weighted by Crippen LogP contribution is -2.33. The second-order valence-electron chi connectivity index (χ2n) is 8.32. The molecule has 1 aliphatic heterocycles. The first-order valence-corrected chi connectivity index (χ1v) is 12.4. The second-order valence-corrected chi connectivity index (χ2v) is 9.26. The summed E-state index contributed by atoms with van der Waals surface area (Å²) >= 11 is 1.26. The van der Waals surface area contributed by atoms with Crippen molar-refractivity contribution < 1.29 is 14.3 Å². The lowest BCUT2D eigenvalue weighted by molar-refractivity contribution is -0.117. The molecule has 3 aromatic rings. The van der Waals surface area contributed by atoms with Gasteiger partial charge in [0.2, 0.25) is 5.91 Å². The summed E-state index contributed by atoms with van der Waals surface area (Å²) in [6.07, 6.45) is 5.37. The molecule has 2 amide bonds. The van der Waals surface area contributed by atoms with Crippen molar-refractivity contribution in [1.82, 2.24) is 29.5 Å². The van der Waals surface area contributed by atoms with Crippen LogP contribution in [0.5, 0.6) is 5.75 Å². The summed E-state index contributed by atoms with van der Waals surface area (Å²) in [6, 6.07) is 11.2. The molecule has 1 fully saturated rings. The summed E-state index contributed by atoms with van der Waals surface area (Å²) in [6.45, 7) is 4.21. The van der Waals surface area contributed by atoms with Crippen molar-refractivity contribution >= 4 is 23.6 Å². The van der Waals surface area contributed by atoms with E-state index in [1.54, 1.807) is 37.1 Å². The number of carbonyl (C=O) groups excluding carboxylic acids is 2. The zero-order chi connectivity index (χ0) is 24.1. The molecule has 0 bridgehead atoms. The smallest absolute Gasteiger partial charge is 0.274 e. The topological polar surface area (TPSA) is 94.3 Å². The normalized spacial score (nSPS) is 15.1. The number of methoxy groups -OCH3 is 1. The summed E-state index contributed by atoms with van der Waals surface area (Å²) in [5, 5.41) is 12.0. The fourth-order valence-corrected chi connectivity index (χ4v) is 4.90. The van der Waals surface area contributed by atoms with E-state index in [9.17, 15) is 9.59 Å². The molecule has 34 heavy (non-hydrogen) atoms. The molecule has 1 N–H and O–H groups in total. The van der Waals surface area contributed by atoms with Gasteiger partial charge in [0, 0.05) is 18.9 Å². The summed E-state index contributed by atoms with van der Waals surface area (Å²) in [7, 11) is 3.39. The lowest BCUT2D eigenvalue weighted by atomic mass is 10.1. The Kier molecular flexibility index (Phi) is 7.69. The van der Waals surface area contributed by atoms with Gasteiger partial charge >= 0.3 is 0 Å². The number of piperidine rings is 1. The molecule has 10 heteroatoms. The van der Waals surface area contributed by atoms with E-state index >= 15 is 0 Å². The Morgan fingerprint density at radius 2 is 1.85 bits per heavy atom. The van der Waals surface area contributed by atoms with E-state index in [0.717, 1.165) is 30.4 Å². The number of carbonyl (C=O) groups is 2. The third-order valence-electron chi connectivity index (χ3n) is 6.06. The Bertz CT molecular complexity index is 1130. The fraction of sp³-hybridized carbons (Fsp3) is 0.417. The highest BCUT2D eigenvalue weighted by atomic mass is 32.2. The second kappa shape index (κ2) is 10.9. The largest absolute Gasteiger partial charge is 0.497 e. The molecule has 1 saturated heterocycles. The molecular weight excluding hydrogens is 452 g/mol. The van der Waals surface area contributed by atoms with Crippen LogP contribution in [0.4, 0.5) is 0 Å². The van der Waals surface area contributed by atoms with Crippen molar-refractivity contribution in [1.29, 1.82) is 0 Å². The SMILES string of the molecule is COc1ccc(-n2c(SCC(=O)NC(=O)c3cccn3C)nnc2[C@H](C)N2CCCCC2)cc1. The molecule has 1 aliphatic rings. The van der Waals surface area contributed by atoms with Gasteiger partial charge in [-0.2, -0.15) is 0 Å². The summed E-state index contributed by atoms with van der Waals surface area (Å²) in [4.78, 5) is 27.3.